The van der Waals surface area contributed by atoms with Crippen molar-refractivity contribution < 1.29 is 4.74 Å². The second kappa shape index (κ2) is 6.40. The van der Waals surface area contributed by atoms with Crippen molar-refractivity contribution in [2.24, 2.45) is 5.73 Å². The normalized spacial score (nSPS) is 10.1. The van der Waals surface area contributed by atoms with Crippen LogP contribution in [0.2, 0.25) is 0 Å². The molecule has 0 bridgehead atoms. The van der Waals surface area contributed by atoms with Gasteiger partial charge in [-0.2, -0.15) is 0 Å². The molecule has 1 rings (SSSR count). The smallest absolute Gasteiger partial charge is 0.119 e. The molecular formula is C11H18N2O. The zero-order valence-corrected chi connectivity index (χ0v) is 8.62. The van der Waals surface area contributed by atoms with Gasteiger partial charge in [-0.05, 0) is 24.6 Å². The Bertz CT molecular complexity index is 263. The minimum absolute atomic E-state index is 0.672. The molecule has 3 heteroatoms. The van der Waals surface area contributed by atoms with Gasteiger partial charge in [-0.1, -0.05) is 12.1 Å². The van der Waals surface area contributed by atoms with E-state index in [9.17, 15) is 0 Å². The van der Waals surface area contributed by atoms with Crippen molar-refractivity contribution >= 4 is 0 Å². The van der Waals surface area contributed by atoms with Crippen LogP contribution in [0.15, 0.2) is 24.3 Å². The van der Waals surface area contributed by atoms with E-state index in [-0.39, 0.29) is 0 Å². The Morgan fingerprint density at radius 1 is 1.43 bits per heavy atom. The Kier molecular flexibility index (Phi) is 5.04. The summed E-state index contributed by atoms with van der Waals surface area (Å²) in [6.45, 7) is 5.06. The monoisotopic (exact) mass is 194 g/mol. The molecule has 0 heterocycles. The summed E-state index contributed by atoms with van der Waals surface area (Å²) < 4.78 is 5.40. The molecule has 0 unspecified atom stereocenters. The highest BCUT2D eigenvalue weighted by molar-refractivity contribution is 5.28. The van der Waals surface area contributed by atoms with Gasteiger partial charge in [0.15, 0.2) is 0 Å². The summed E-state index contributed by atoms with van der Waals surface area (Å²) in [5.41, 5.74) is 6.61. The minimum atomic E-state index is 0.672. The van der Waals surface area contributed by atoms with Crippen LogP contribution >= 0.6 is 0 Å². The Labute approximate surface area is 85.3 Å². The van der Waals surface area contributed by atoms with E-state index in [1.165, 1.54) is 5.56 Å². The quantitative estimate of drug-likeness (QED) is 0.667. The Morgan fingerprint density at radius 2 is 2.29 bits per heavy atom. The lowest BCUT2D eigenvalue weighted by atomic mass is 10.2. The fourth-order valence-corrected chi connectivity index (χ4v) is 1.25. The fraction of sp³-hybridized carbons (Fsp3) is 0.455. The van der Waals surface area contributed by atoms with Gasteiger partial charge in [-0.15, -0.1) is 0 Å². The number of ether oxygens (including phenoxy) is 1. The van der Waals surface area contributed by atoms with Crippen LogP contribution in [0.25, 0.3) is 0 Å². The summed E-state index contributed by atoms with van der Waals surface area (Å²) in [5.74, 6) is 0.930. The highest BCUT2D eigenvalue weighted by atomic mass is 16.5. The van der Waals surface area contributed by atoms with Crippen LogP contribution in [-0.4, -0.2) is 19.7 Å². The summed E-state index contributed by atoms with van der Waals surface area (Å²) >= 11 is 0. The van der Waals surface area contributed by atoms with Crippen LogP contribution in [0.4, 0.5) is 0 Å². The van der Waals surface area contributed by atoms with Gasteiger partial charge in [-0.25, -0.2) is 0 Å². The molecule has 14 heavy (non-hydrogen) atoms. The average Bonchev–Trinajstić information content (AvgIpc) is 2.19. The van der Waals surface area contributed by atoms with E-state index in [0.717, 1.165) is 18.8 Å². The summed E-state index contributed by atoms with van der Waals surface area (Å²) in [6.07, 6.45) is 0. The lowest BCUT2D eigenvalue weighted by Crippen LogP contribution is -2.21. The van der Waals surface area contributed by atoms with Crippen molar-refractivity contribution in [1.82, 2.24) is 5.32 Å². The third kappa shape index (κ3) is 3.77. The molecule has 1 aromatic carbocycles. The van der Waals surface area contributed by atoms with Crippen LogP contribution < -0.4 is 15.8 Å². The predicted molar refractivity (Wildman–Crippen MR) is 58.4 cm³/mol. The summed E-state index contributed by atoms with van der Waals surface area (Å²) in [6, 6.07) is 8.10. The minimum Gasteiger partial charge on any atom is -0.494 e. The lowest BCUT2D eigenvalue weighted by Gasteiger charge is -2.06. The number of nitrogens with two attached hydrogens (primary N) is 1. The van der Waals surface area contributed by atoms with E-state index in [1.807, 2.05) is 25.1 Å². The Hall–Kier alpha value is -1.06. The number of hydrogen-bond acceptors (Lipinski definition) is 3. The highest BCUT2D eigenvalue weighted by Gasteiger charge is 1.95. The second-order valence-corrected chi connectivity index (χ2v) is 3.05. The van der Waals surface area contributed by atoms with Crippen molar-refractivity contribution in [3.63, 3.8) is 0 Å². The van der Waals surface area contributed by atoms with Crippen LogP contribution in [0.5, 0.6) is 5.75 Å². The maximum absolute atomic E-state index is 5.40. The zero-order chi connectivity index (χ0) is 10.2. The molecule has 0 aliphatic carbocycles. The molecule has 1 aromatic rings. The molecule has 3 nitrogen and oxygen atoms in total. The molecule has 0 radical (unpaired) electrons. The number of hydrogen-bond donors (Lipinski definition) is 2. The Morgan fingerprint density at radius 3 is 3.00 bits per heavy atom. The third-order valence-electron chi connectivity index (χ3n) is 1.86. The molecule has 0 saturated carbocycles. The molecule has 0 amide bonds. The largest absolute Gasteiger partial charge is 0.494 e. The van der Waals surface area contributed by atoms with Crippen LogP contribution in [0, 0.1) is 0 Å². The van der Waals surface area contributed by atoms with Gasteiger partial charge >= 0.3 is 0 Å². The second-order valence-electron chi connectivity index (χ2n) is 3.05. The molecule has 0 fully saturated rings. The van der Waals surface area contributed by atoms with Crippen molar-refractivity contribution in [1.29, 1.82) is 0 Å². The number of rotatable bonds is 6. The summed E-state index contributed by atoms with van der Waals surface area (Å²) in [5, 5.41) is 3.24. The van der Waals surface area contributed by atoms with E-state index < -0.39 is 0 Å². The first-order chi connectivity index (χ1) is 6.86. The van der Waals surface area contributed by atoms with E-state index in [2.05, 4.69) is 11.4 Å². The van der Waals surface area contributed by atoms with Crippen molar-refractivity contribution in [3.05, 3.63) is 29.8 Å². The van der Waals surface area contributed by atoms with Crippen molar-refractivity contribution in [2.45, 2.75) is 13.5 Å². The molecule has 0 aromatic heterocycles. The SMILES string of the molecule is CCOc1cccc(CNCCN)c1. The molecule has 78 valence electrons. The number of benzene rings is 1. The average molecular weight is 194 g/mol. The van der Waals surface area contributed by atoms with Gasteiger partial charge in [-0.3, -0.25) is 0 Å². The molecule has 0 aliphatic rings. The summed E-state index contributed by atoms with van der Waals surface area (Å²) in [4.78, 5) is 0. The predicted octanol–water partition coefficient (Wildman–Crippen LogP) is 1.13. The van der Waals surface area contributed by atoms with E-state index in [4.69, 9.17) is 10.5 Å². The maximum Gasteiger partial charge on any atom is 0.119 e. The van der Waals surface area contributed by atoms with E-state index in [0.29, 0.717) is 13.2 Å². The van der Waals surface area contributed by atoms with Gasteiger partial charge in [0.1, 0.15) is 5.75 Å². The molecule has 0 saturated heterocycles. The molecule has 3 N–H and O–H groups in total. The van der Waals surface area contributed by atoms with Crippen molar-refractivity contribution in [3.8, 4) is 5.75 Å². The van der Waals surface area contributed by atoms with Gasteiger partial charge in [0, 0.05) is 19.6 Å². The molecular weight excluding hydrogens is 176 g/mol. The third-order valence-corrected chi connectivity index (χ3v) is 1.86. The first kappa shape index (κ1) is 11.0. The van der Waals surface area contributed by atoms with E-state index in [1.54, 1.807) is 0 Å². The topological polar surface area (TPSA) is 47.3 Å². The molecule has 0 atom stereocenters. The first-order valence-corrected chi connectivity index (χ1v) is 4.99. The van der Waals surface area contributed by atoms with Gasteiger partial charge in [0.2, 0.25) is 0 Å². The Balaban J connectivity index is 2.46. The highest BCUT2D eigenvalue weighted by Crippen LogP contribution is 2.12. The fourth-order valence-electron chi connectivity index (χ4n) is 1.25. The summed E-state index contributed by atoms with van der Waals surface area (Å²) in [7, 11) is 0. The maximum atomic E-state index is 5.40. The van der Waals surface area contributed by atoms with E-state index >= 15 is 0 Å². The number of nitrogens with one attached hydrogen (secondary N) is 1. The van der Waals surface area contributed by atoms with Gasteiger partial charge in [0.25, 0.3) is 0 Å². The van der Waals surface area contributed by atoms with Crippen LogP contribution in [0.1, 0.15) is 12.5 Å². The standard InChI is InChI=1S/C11H18N2O/c1-2-14-11-5-3-4-10(8-11)9-13-7-6-12/h3-5,8,13H,2,6-7,9,12H2,1H3. The zero-order valence-electron chi connectivity index (χ0n) is 8.62. The first-order valence-electron chi connectivity index (χ1n) is 4.99. The van der Waals surface area contributed by atoms with Crippen molar-refractivity contribution in [2.75, 3.05) is 19.7 Å². The molecule has 0 spiro atoms. The lowest BCUT2D eigenvalue weighted by molar-refractivity contribution is 0.340. The van der Waals surface area contributed by atoms with Crippen LogP contribution in [-0.2, 0) is 6.54 Å². The van der Waals surface area contributed by atoms with Gasteiger partial charge in [0.05, 0.1) is 6.61 Å². The van der Waals surface area contributed by atoms with Crippen LogP contribution in [0.3, 0.4) is 0 Å². The van der Waals surface area contributed by atoms with Gasteiger partial charge < -0.3 is 15.8 Å². The molecule has 0 aliphatic heterocycles.